The molecule has 0 unspecified atom stereocenters. The lowest BCUT2D eigenvalue weighted by Gasteiger charge is -2.12. The topological polar surface area (TPSA) is 31.2 Å². The van der Waals surface area contributed by atoms with Crippen LogP contribution in [0, 0.1) is 0 Å². The van der Waals surface area contributed by atoms with Crippen LogP contribution in [-0.4, -0.2) is 17.6 Å². The number of methoxy groups -OCH3 is 1. The number of carbonyl (C=O) groups is 1. The summed E-state index contributed by atoms with van der Waals surface area (Å²) >= 11 is 0. The second kappa shape index (κ2) is 6.94. The summed E-state index contributed by atoms with van der Waals surface area (Å²) in [7, 11) is 1.43. The first kappa shape index (κ1) is 14.4. The van der Waals surface area contributed by atoms with Gasteiger partial charge in [0, 0.05) is 18.7 Å². The summed E-state index contributed by atoms with van der Waals surface area (Å²) < 4.78 is 6.95. The van der Waals surface area contributed by atoms with Crippen molar-refractivity contribution in [3.8, 4) is 0 Å². The van der Waals surface area contributed by atoms with Crippen LogP contribution in [0.5, 0.6) is 0 Å². The average Bonchev–Trinajstić information content (AvgIpc) is 2.88. The summed E-state index contributed by atoms with van der Waals surface area (Å²) in [6.45, 7) is 3.01. The molecule has 1 heterocycles. The van der Waals surface area contributed by atoms with Crippen molar-refractivity contribution in [2.75, 3.05) is 7.11 Å². The normalized spacial score (nSPS) is 10.5. The Balaban J connectivity index is 2.27. The summed E-state index contributed by atoms with van der Waals surface area (Å²) in [6.07, 6.45) is 2.99. The molecular formula is C17H21NO2. The van der Waals surface area contributed by atoms with Crippen molar-refractivity contribution in [2.45, 2.75) is 32.7 Å². The zero-order chi connectivity index (χ0) is 14.4. The van der Waals surface area contributed by atoms with Crippen LogP contribution in [0.4, 0.5) is 0 Å². The molecule has 3 heteroatoms. The van der Waals surface area contributed by atoms with E-state index in [2.05, 4.69) is 23.6 Å². The maximum atomic E-state index is 11.8. The van der Waals surface area contributed by atoms with E-state index < -0.39 is 0 Å². The molecule has 0 bridgehead atoms. The van der Waals surface area contributed by atoms with Gasteiger partial charge in [-0.3, -0.25) is 0 Å². The highest BCUT2D eigenvalue weighted by Gasteiger charge is 2.15. The van der Waals surface area contributed by atoms with E-state index in [4.69, 9.17) is 4.74 Å². The predicted molar refractivity (Wildman–Crippen MR) is 79.9 cm³/mol. The van der Waals surface area contributed by atoms with Crippen molar-refractivity contribution in [2.24, 2.45) is 0 Å². The third-order valence-electron chi connectivity index (χ3n) is 3.43. The molecule has 0 radical (unpaired) electrons. The van der Waals surface area contributed by atoms with Gasteiger partial charge >= 0.3 is 5.97 Å². The third-order valence-corrected chi connectivity index (χ3v) is 3.43. The number of unbranched alkanes of at least 4 members (excludes halogenated alkanes) is 1. The molecule has 0 atom stereocenters. The molecule has 0 aliphatic carbocycles. The minimum atomic E-state index is -0.264. The number of rotatable bonds is 6. The fourth-order valence-electron chi connectivity index (χ4n) is 2.33. The molecule has 1 aromatic carbocycles. The molecule has 20 heavy (non-hydrogen) atoms. The van der Waals surface area contributed by atoms with E-state index in [1.807, 2.05) is 30.3 Å². The van der Waals surface area contributed by atoms with Crippen molar-refractivity contribution >= 4 is 5.97 Å². The van der Waals surface area contributed by atoms with Gasteiger partial charge in [-0.05, 0) is 24.1 Å². The molecule has 0 saturated heterocycles. The van der Waals surface area contributed by atoms with Crippen LogP contribution in [0.3, 0.4) is 0 Å². The van der Waals surface area contributed by atoms with Crippen molar-refractivity contribution in [1.82, 2.24) is 4.57 Å². The smallest absolute Gasteiger partial charge is 0.354 e. The van der Waals surface area contributed by atoms with Gasteiger partial charge in [0.15, 0.2) is 0 Å². The quantitative estimate of drug-likeness (QED) is 0.751. The Bertz CT molecular complexity index is 558. The first-order chi connectivity index (χ1) is 9.76. The molecule has 0 aliphatic heterocycles. The van der Waals surface area contributed by atoms with Gasteiger partial charge in [0.2, 0.25) is 0 Å². The van der Waals surface area contributed by atoms with E-state index in [1.165, 1.54) is 12.7 Å². The van der Waals surface area contributed by atoms with Crippen molar-refractivity contribution in [1.29, 1.82) is 0 Å². The maximum Gasteiger partial charge on any atom is 0.354 e. The Morgan fingerprint density at radius 2 is 1.90 bits per heavy atom. The lowest BCUT2D eigenvalue weighted by atomic mass is 10.1. The van der Waals surface area contributed by atoms with Crippen molar-refractivity contribution in [3.63, 3.8) is 0 Å². The second-order valence-electron chi connectivity index (χ2n) is 4.87. The van der Waals surface area contributed by atoms with Crippen LogP contribution in [0.1, 0.15) is 41.5 Å². The van der Waals surface area contributed by atoms with Gasteiger partial charge in [0.05, 0.1) is 7.11 Å². The van der Waals surface area contributed by atoms with Crippen molar-refractivity contribution < 1.29 is 9.53 Å². The minimum absolute atomic E-state index is 0.264. The Labute approximate surface area is 120 Å². The molecule has 2 aromatic rings. The van der Waals surface area contributed by atoms with E-state index >= 15 is 0 Å². The molecule has 106 valence electrons. The van der Waals surface area contributed by atoms with Crippen LogP contribution < -0.4 is 0 Å². The zero-order valence-corrected chi connectivity index (χ0v) is 12.1. The Hall–Kier alpha value is -2.03. The highest BCUT2D eigenvalue weighted by Crippen LogP contribution is 2.16. The summed E-state index contributed by atoms with van der Waals surface area (Å²) in [5.74, 6) is -0.264. The number of carbonyl (C=O) groups excluding carboxylic acids is 1. The Morgan fingerprint density at radius 1 is 1.15 bits per heavy atom. The number of esters is 1. The SMILES string of the molecule is CCCCn1c(Cc2ccccc2)ccc1C(=O)OC. The van der Waals surface area contributed by atoms with E-state index in [1.54, 1.807) is 0 Å². The van der Waals surface area contributed by atoms with E-state index in [0.29, 0.717) is 5.69 Å². The van der Waals surface area contributed by atoms with Crippen molar-refractivity contribution in [3.05, 3.63) is 59.4 Å². The number of benzene rings is 1. The molecule has 0 fully saturated rings. The molecule has 0 spiro atoms. The maximum absolute atomic E-state index is 11.8. The number of ether oxygens (including phenoxy) is 1. The third kappa shape index (κ3) is 3.29. The monoisotopic (exact) mass is 271 g/mol. The number of aromatic nitrogens is 1. The summed E-state index contributed by atoms with van der Waals surface area (Å²) in [5.41, 5.74) is 3.05. The average molecular weight is 271 g/mol. The lowest BCUT2D eigenvalue weighted by molar-refractivity contribution is 0.0588. The Kier molecular flexibility index (Phi) is 4.99. The summed E-state index contributed by atoms with van der Waals surface area (Å²) in [4.78, 5) is 11.8. The summed E-state index contributed by atoms with van der Waals surface area (Å²) in [6, 6.07) is 14.2. The van der Waals surface area contributed by atoms with Gasteiger partial charge in [-0.2, -0.15) is 0 Å². The number of hydrogen-bond acceptors (Lipinski definition) is 2. The predicted octanol–water partition coefficient (Wildman–Crippen LogP) is 3.67. The van der Waals surface area contributed by atoms with Crippen LogP contribution in [-0.2, 0) is 17.7 Å². The molecule has 0 saturated carbocycles. The standard InChI is InChI=1S/C17H21NO2/c1-3-4-12-18-15(10-11-16(18)17(19)20-2)13-14-8-6-5-7-9-14/h5-11H,3-4,12-13H2,1-2H3. The fourth-order valence-corrected chi connectivity index (χ4v) is 2.33. The molecule has 0 aliphatic rings. The second-order valence-corrected chi connectivity index (χ2v) is 4.87. The van der Waals surface area contributed by atoms with E-state index in [0.717, 1.165) is 31.5 Å². The largest absolute Gasteiger partial charge is 0.464 e. The van der Waals surface area contributed by atoms with E-state index in [9.17, 15) is 4.79 Å². The van der Waals surface area contributed by atoms with Gasteiger partial charge in [0.25, 0.3) is 0 Å². The molecule has 0 N–H and O–H groups in total. The molecular weight excluding hydrogens is 250 g/mol. The minimum Gasteiger partial charge on any atom is -0.464 e. The fraction of sp³-hybridized carbons (Fsp3) is 0.353. The zero-order valence-electron chi connectivity index (χ0n) is 12.1. The van der Waals surface area contributed by atoms with Gasteiger partial charge in [0.1, 0.15) is 5.69 Å². The highest BCUT2D eigenvalue weighted by molar-refractivity contribution is 5.87. The number of hydrogen-bond donors (Lipinski definition) is 0. The molecule has 2 rings (SSSR count). The molecule has 3 nitrogen and oxygen atoms in total. The van der Waals surface area contributed by atoms with Crippen LogP contribution in [0.15, 0.2) is 42.5 Å². The van der Waals surface area contributed by atoms with Gasteiger partial charge < -0.3 is 9.30 Å². The highest BCUT2D eigenvalue weighted by atomic mass is 16.5. The van der Waals surface area contributed by atoms with Gasteiger partial charge in [-0.25, -0.2) is 4.79 Å². The first-order valence-electron chi connectivity index (χ1n) is 7.07. The Morgan fingerprint density at radius 3 is 2.55 bits per heavy atom. The van der Waals surface area contributed by atoms with Gasteiger partial charge in [-0.15, -0.1) is 0 Å². The molecule has 1 aromatic heterocycles. The molecule has 0 amide bonds. The van der Waals surface area contributed by atoms with Crippen LogP contribution in [0.2, 0.25) is 0 Å². The lowest BCUT2D eigenvalue weighted by Crippen LogP contribution is -2.13. The van der Waals surface area contributed by atoms with Gasteiger partial charge in [-0.1, -0.05) is 43.7 Å². The summed E-state index contributed by atoms with van der Waals surface area (Å²) in [5, 5.41) is 0. The number of nitrogens with zero attached hydrogens (tertiary/aromatic N) is 1. The first-order valence-corrected chi connectivity index (χ1v) is 7.07. The van der Waals surface area contributed by atoms with E-state index in [-0.39, 0.29) is 5.97 Å². The van der Waals surface area contributed by atoms with Crippen LogP contribution in [0.25, 0.3) is 0 Å². The van der Waals surface area contributed by atoms with Crippen LogP contribution >= 0.6 is 0 Å².